The van der Waals surface area contributed by atoms with Crippen LogP contribution in [0.4, 0.5) is 0 Å². The van der Waals surface area contributed by atoms with Crippen LogP contribution in [0, 0.1) is 12.8 Å². The van der Waals surface area contributed by atoms with Gasteiger partial charge < -0.3 is 28.7 Å². The highest BCUT2D eigenvalue weighted by Crippen LogP contribution is 2.34. The molecule has 10 heteroatoms. The van der Waals surface area contributed by atoms with Gasteiger partial charge >= 0.3 is 11.8 Å². The number of pyridine rings is 1. The fourth-order valence-electron chi connectivity index (χ4n) is 3.71. The number of aromatic carboxylic acids is 1. The molecule has 0 spiro atoms. The summed E-state index contributed by atoms with van der Waals surface area (Å²) in [5.74, 6) is -0.868. The van der Waals surface area contributed by atoms with E-state index in [-0.39, 0.29) is 36.1 Å². The van der Waals surface area contributed by atoms with Gasteiger partial charge in [-0.1, -0.05) is 18.7 Å². The Balaban J connectivity index is 1.71. The molecule has 1 aromatic carbocycles. The summed E-state index contributed by atoms with van der Waals surface area (Å²) >= 11 is 0. The minimum Gasteiger partial charge on any atom is -0.496 e. The molecule has 188 valence electrons. The normalized spacial score (nSPS) is 12.8. The number of aryl methyl sites for hydroxylation is 1. The second-order valence-corrected chi connectivity index (χ2v) is 8.42. The van der Waals surface area contributed by atoms with Gasteiger partial charge in [-0.25, -0.2) is 14.6 Å². The number of carboxylic acids is 1. The quantitative estimate of drug-likeness (QED) is 0.407. The molecule has 1 fully saturated rings. The molecular formula is C26H26N2O8. The van der Waals surface area contributed by atoms with Crippen LogP contribution in [0.2, 0.25) is 0 Å². The van der Waals surface area contributed by atoms with Gasteiger partial charge in [-0.05, 0) is 43.9 Å². The number of methoxy groups -OCH3 is 1. The molecular weight excluding hydrogens is 468 g/mol. The number of hydrogen-bond acceptors (Lipinski definition) is 8. The average Bonchev–Trinajstić information content (AvgIpc) is 3.64. The number of carboxylic acid groups (broad SMARTS) is 1. The second kappa shape index (κ2) is 10.6. The molecule has 36 heavy (non-hydrogen) atoms. The number of nitrogens with zero attached hydrogens (tertiary/aromatic N) is 1. The molecule has 0 aliphatic heterocycles. The Bertz CT molecular complexity index is 1370. The van der Waals surface area contributed by atoms with Gasteiger partial charge in [-0.3, -0.25) is 4.79 Å². The highest BCUT2D eigenvalue weighted by atomic mass is 16.6. The van der Waals surface area contributed by atoms with E-state index in [1.165, 1.54) is 19.3 Å². The van der Waals surface area contributed by atoms with Crippen LogP contribution >= 0.6 is 0 Å². The topological polar surface area (TPSA) is 141 Å². The largest absolute Gasteiger partial charge is 0.519 e. The first-order valence-electron chi connectivity index (χ1n) is 11.3. The van der Waals surface area contributed by atoms with Crippen molar-refractivity contribution < 1.29 is 33.0 Å². The first-order valence-corrected chi connectivity index (χ1v) is 11.3. The molecule has 0 bridgehead atoms. The Morgan fingerprint density at radius 2 is 2.00 bits per heavy atom. The van der Waals surface area contributed by atoms with E-state index in [0.717, 1.165) is 12.8 Å². The van der Waals surface area contributed by atoms with E-state index in [0.29, 0.717) is 46.4 Å². The van der Waals surface area contributed by atoms with Gasteiger partial charge in [-0.2, -0.15) is 0 Å². The highest BCUT2D eigenvalue weighted by molar-refractivity contribution is 5.98. The van der Waals surface area contributed by atoms with Crippen LogP contribution in [-0.2, 0) is 18.0 Å². The molecule has 1 aliphatic carbocycles. The standard InChI is InChI=1S/C26H26N2O8/c1-4-16-9-19(25(30)31)18(10-22(16)33-3)17-7-8-20(24(29)27-11-15-5-6-15)28-21(17)12-34-13-23-14(2)35-26(32)36-23/h4,7-10,15H,1,5-6,11-13H2,2-3H3,(H,27,29)(H,30,31). The van der Waals surface area contributed by atoms with Crippen LogP contribution in [0.25, 0.3) is 17.2 Å². The summed E-state index contributed by atoms with van der Waals surface area (Å²) in [4.78, 5) is 40.6. The van der Waals surface area contributed by atoms with Crippen molar-refractivity contribution in [2.24, 2.45) is 5.92 Å². The summed E-state index contributed by atoms with van der Waals surface area (Å²) in [6.45, 7) is 5.69. The molecule has 2 N–H and O–H groups in total. The summed E-state index contributed by atoms with van der Waals surface area (Å²) in [6, 6.07) is 6.23. The lowest BCUT2D eigenvalue weighted by Gasteiger charge is -2.16. The predicted octanol–water partition coefficient (Wildman–Crippen LogP) is 3.81. The maximum absolute atomic E-state index is 12.7. The minimum absolute atomic E-state index is 0.0105. The number of rotatable bonds is 11. The summed E-state index contributed by atoms with van der Waals surface area (Å²) in [6.07, 6.45) is 3.69. The van der Waals surface area contributed by atoms with E-state index in [1.54, 1.807) is 25.1 Å². The smallest absolute Gasteiger partial charge is 0.496 e. The highest BCUT2D eigenvalue weighted by Gasteiger charge is 2.24. The molecule has 0 radical (unpaired) electrons. The molecule has 1 saturated carbocycles. The van der Waals surface area contributed by atoms with Gasteiger partial charge in [0, 0.05) is 23.2 Å². The third-order valence-corrected chi connectivity index (χ3v) is 5.87. The Labute approximate surface area is 206 Å². The fraction of sp³-hybridized carbons (Fsp3) is 0.308. The summed E-state index contributed by atoms with van der Waals surface area (Å²) in [7, 11) is 1.48. The lowest BCUT2D eigenvalue weighted by molar-refractivity contribution is 0.0697. The Morgan fingerprint density at radius 3 is 2.61 bits per heavy atom. The van der Waals surface area contributed by atoms with Crippen molar-refractivity contribution in [2.45, 2.75) is 33.0 Å². The van der Waals surface area contributed by atoms with E-state index in [2.05, 4.69) is 16.9 Å². The Hall–Kier alpha value is -4.18. The monoisotopic (exact) mass is 494 g/mol. The van der Waals surface area contributed by atoms with Crippen LogP contribution in [0.3, 0.4) is 0 Å². The summed E-state index contributed by atoms with van der Waals surface area (Å²) in [5, 5.41) is 12.8. The van der Waals surface area contributed by atoms with Gasteiger partial charge in [0.1, 0.15) is 23.8 Å². The van der Waals surface area contributed by atoms with Crippen molar-refractivity contribution in [3.05, 3.63) is 75.5 Å². The fourth-order valence-corrected chi connectivity index (χ4v) is 3.71. The van der Waals surface area contributed by atoms with E-state index in [1.807, 2.05) is 0 Å². The van der Waals surface area contributed by atoms with Crippen molar-refractivity contribution >= 4 is 18.0 Å². The van der Waals surface area contributed by atoms with Crippen LogP contribution in [0.5, 0.6) is 5.75 Å². The van der Waals surface area contributed by atoms with Crippen LogP contribution in [0.1, 0.15) is 56.5 Å². The molecule has 0 atom stereocenters. The second-order valence-electron chi connectivity index (χ2n) is 8.42. The number of benzene rings is 1. The summed E-state index contributed by atoms with van der Waals surface area (Å²) in [5.41, 5.74) is 1.82. The maximum atomic E-state index is 12.7. The maximum Gasteiger partial charge on any atom is 0.519 e. The molecule has 0 unspecified atom stereocenters. The molecule has 10 nitrogen and oxygen atoms in total. The first-order chi connectivity index (χ1) is 17.3. The van der Waals surface area contributed by atoms with Gasteiger partial charge in [0.2, 0.25) is 0 Å². The number of carbonyl (C=O) groups is 2. The number of aromatic nitrogens is 1. The molecule has 4 rings (SSSR count). The van der Waals surface area contributed by atoms with E-state index in [9.17, 15) is 19.5 Å². The van der Waals surface area contributed by atoms with Crippen LogP contribution in [0.15, 0.2) is 44.5 Å². The molecule has 2 heterocycles. The number of amides is 1. The molecule has 3 aromatic rings. The van der Waals surface area contributed by atoms with E-state index < -0.39 is 11.8 Å². The third-order valence-electron chi connectivity index (χ3n) is 5.87. The van der Waals surface area contributed by atoms with Gasteiger partial charge in [0.25, 0.3) is 5.91 Å². The number of nitrogens with one attached hydrogen (secondary N) is 1. The summed E-state index contributed by atoms with van der Waals surface area (Å²) < 4.78 is 20.9. The van der Waals surface area contributed by atoms with Crippen LogP contribution in [-0.4, -0.2) is 35.6 Å². The Kier molecular flexibility index (Phi) is 7.35. The average molecular weight is 495 g/mol. The van der Waals surface area contributed by atoms with Crippen LogP contribution < -0.4 is 15.9 Å². The van der Waals surface area contributed by atoms with E-state index in [4.69, 9.17) is 18.3 Å². The van der Waals surface area contributed by atoms with Crippen molar-refractivity contribution in [1.29, 1.82) is 0 Å². The molecule has 2 aromatic heterocycles. The predicted molar refractivity (Wildman–Crippen MR) is 129 cm³/mol. The Morgan fingerprint density at radius 1 is 1.22 bits per heavy atom. The first kappa shape index (κ1) is 24.9. The zero-order chi connectivity index (χ0) is 25.8. The van der Waals surface area contributed by atoms with Crippen molar-refractivity contribution in [1.82, 2.24) is 10.3 Å². The SMILES string of the molecule is C=Cc1cc(C(=O)O)c(-c2ccc(C(=O)NCC3CC3)nc2COCc2oc(=O)oc2C)cc1OC. The number of ether oxygens (including phenoxy) is 2. The molecule has 0 saturated heterocycles. The number of hydrogen-bond donors (Lipinski definition) is 2. The lowest BCUT2D eigenvalue weighted by atomic mass is 9.95. The zero-order valence-electron chi connectivity index (χ0n) is 20.0. The van der Waals surface area contributed by atoms with Gasteiger partial charge in [0.15, 0.2) is 5.76 Å². The third kappa shape index (κ3) is 5.55. The van der Waals surface area contributed by atoms with Gasteiger partial charge in [0.05, 0.1) is 25.0 Å². The van der Waals surface area contributed by atoms with Crippen molar-refractivity contribution in [3.63, 3.8) is 0 Å². The van der Waals surface area contributed by atoms with E-state index >= 15 is 0 Å². The van der Waals surface area contributed by atoms with Gasteiger partial charge in [-0.15, -0.1) is 0 Å². The minimum atomic E-state index is -1.15. The molecule has 1 aliphatic rings. The zero-order valence-corrected chi connectivity index (χ0v) is 20.0. The van der Waals surface area contributed by atoms with Crippen molar-refractivity contribution in [2.75, 3.05) is 13.7 Å². The van der Waals surface area contributed by atoms with Crippen molar-refractivity contribution in [3.8, 4) is 16.9 Å². The lowest BCUT2D eigenvalue weighted by Crippen LogP contribution is -2.26. The molecule has 1 amide bonds. The number of carbonyl (C=O) groups excluding carboxylic acids is 1.